The van der Waals surface area contributed by atoms with Gasteiger partial charge in [0.2, 0.25) is 5.91 Å². The molecule has 0 aromatic heterocycles. The molecule has 1 atom stereocenters. The van der Waals surface area contributed by atoms with Gasteiger partial charge in [-0.3, -0.25) is 14.9 Å². The molecule has 3 amide bonds. The average Bonchev–Trinajstić information content (AvgIpc) is 2.69. The monoisotopic (exact) mass is 368 g/mol. The number of hydrogen-bond donors (Lipinski definition) is 2. The molecule has 0 spiro atoms. The minimum atomic E-state index is -0.508. The number of carbonyl (C=O) groups is 2. The fourth-order valence-electron chi connectivity index (χ4n) is 3.04. The van der Waals surface area contributed by atoms with E-state index in [0.29, 0.717) is 30.9 Å². The first-order chi connectivity index (χ1) is 13.0. The highest BCUT2D eigenvalue weighted by Crippen LogP contribution is 2.22. The summed E-state index contributed by atoms with van der Waals surface area (Å²) >= 11 is 0. The summed E-state index contributed by atoms with van der Waals surface area (Å²) < 4.78 is 0. The smallest absolute Gasteiger partial charge is 0.321 e. The lowest BCUT2D eigenvalue weighted by Gasteiger charge is -2.32. The van der Waals surface area contributed by atoms with Crippen LogP contribution in [0, 0.1) is 16.0 Å². The van der Waals surface area contributed by atoms with Crippen molar-refractivity contribution in [3.05, 3.63) is 64.7 Å². The summed E-state index contributed by atoms with van der Waals surface area (Å²) in [6.07, 6.45) is 1.38. The second kappa shape index (κ2) is 8.31. The van der Waals surface area contributed by atoms with Crippen LogP contribution >= 0.6 is 0 Å². The normalized spacial score (nSPS) is 16.4. The van der Waals surface area contributed by atoms with E-state index >= 15 is 0 Å². The number of nitro groups is 1. The second-order valence-electron chi connectivity index (χ2n) is 6.38. The van der Waals surface area contributed by atoms with E-state index in [2.05, 4.69) is 10.6 Å². The summed E-state index contributed by atoms with van der Waals surface area (Å²) in [5.74, 6) is -0.604. The van der Waals surface area contributed by atoms with Crippen molar-refractivity contribution in [2.75, 3.05) is 23.7 Å². The highest BCUT2D eigenvalue weighted by molar-refractivity contribution is 5.94. The number of para-hydroxylation sites is 1. The number of rotatable bonds is 4. The zero-order chi connectivity index (χ0) is 19.2. The summed E-state index contributed by atoms with van der Waals surface area (Å²) in [4.78, 5) is 36.9. The zero-order valence-corrected chi connectivity index (χ0v) is 14.6. The maximum atomic E-state index is 12.5. The molecule has 8 heteroatoms. The molecule has 0 unspecified atom stereocenters. The number of carbonyl (C=O) groups excluding carboxylic acids is 2. The van der Waals surface area contributed by atoms with Gasteiger partial charge >= 0.3 is 6.03 Å². The number of anilines is 2. The maximum Gasteiger partial charge on any atom is 0.321 e. The minimum Gasteiger partial charge on any atom is -0.326 e. The Morgan fingerprint density at radius 2 is 1.78 bits per heavy atom. The Morgan fingerprint density at radius 1 is 1.04 bits per heavy atom. The lowest BCUT2D eigenvalue weighted by atomic mass is 9.97. The number of urea groups is 1. The van der Waals surface area contributed by atoms with Crippen LogP contribution in [0.1, 0.15) is 12.8 Å². The Bertz CT molecular complexity index is 841. The van der Waals surface area contributed by atoms with Gasteiger partial charge in [-0.05, 0) is 31.0 Å². The van der Waals surface area contributed by atoms with E-state index in [1.807, 2.05) is 18.2 Å². The van der Waals surface area contributed by atoms with Gasteiger partial charge in [0.25, 0.3) is 5.69 Å². The minimum absolute atomic E-state index is 0.0830. The van der Waals surface area contributed by atoms with Gasteiger partial charge in [-0.15, -0.1) is 0 Å². The molecule has 0 bridgehead atoms. The van der Waals surface area contributed by atoms with Gasteiger partial charge in [0.1, 0.15) is 0 Å². The van der Waals surface area contributed by atoms with E-state index < -0.39 is 4.92 Å². The fourth-order valence-corrected chi connectivity index (χ4v) is 3.04. The van der Waals surface area contributed by atoms with Crippen molar-refractivity contribution >= 4 is 29.0 Å². The topological polar surface area (TPSA) is 105 Å². The molecule has 2 aromatic carbocycles. The Morgan fingerprint density at radius 3 is 2.52 bits per heavy atom. The Labute approximate surface area is 156 Å². The summed E-state index contributed by atoms with van der Waals surface area (Å²) in [5.41, 5.74) is 0.992. The summed E-state index contributed by atoms with van der Waals surface area (Å²) in [6, 6.07) is 14.7. The number of likely N-dealkylation sites (tertiary alicyclic amines) is 1. The lowest BCUT2D eigenvalue weighted by Crippen LogP contribution is -2.45. The van der Waals surface area contributed by atoms with Gasteiger partial charge in [0.05, 0.1) is 10.8 Å². The molecule has 0 radical (unpaired) electrons. The number of amides is 3. The van der Waals surface area contributed by atoms with Crippen LogP contribution < -0.4 is 10.6 Å². The van der Waals surface area contributed by atoms with E-state index in [0.717, 1.165) is 6.42 Å². The Hall–Kier alpha value is -3.42. The Balaban J connectivity index is 1.60. The van der Waals surface area contributed by atoms with Gasteiger partial charge < -0.3 is 15.5 Å². The van der Waals surface area contributed by atoms with E-state index in [9.17, 15) is 19.7 Å². The molecule has 2 N–H and O–H groups in total. The van der Waals surface area contributed by atoms with Crippen LogP contribution in [0.15, 0.2) is 54.6 Å². The van der Waals surface area contributed by atoms with Gasteiger partial charge in [0.15, 0.2) is 0 Å². The van der Waals surface area contributed by atoms with Gasteiger partial charge in [0, 0.05) is 36.6 Å². The summed E-state index contributed by atoms with van der Waals surface area (Å²) in [5, 5.41) is 16.4. The van der Waals surface area contributed by atoms with Crippen LogP contribution in [-0.2, 0) is 4.79 Å². The number of nitrogens with zero attached hydrogens (tertiary/aromatic N) is 2. The third-order valence-corrected chi connectivity index (χ3v) is 4.43. The van der Waals surface area contributed by atoms with Crippen molar-refractivity contribution in [2.24, 2.45) is 5.92 Å². The zero-order valence-electron chi connectivity index (χ0n) is 14.6. The molecule has 1 saturated heterocycles. The molecule has 2 aromatic rings. The summed E-state index contributed by atoms with van der Waals surface area (Å²) in [7, 11) is 0. The van der Waals surface area contributed by atoms with Crippen molar-refractivity contribution in [3.63, 3.8) is 0 Å². The molecule has 3 rings (SSSR count). The van der Waals surface area contributed by atoms with Crippen molar-refractivity contribution in [1.29, 1.82) is 0 Å². The molecule has 140 valence electrons. The third-order valence-electron chi connectivity index (χ3n) is 4.43. The van der Waals surface area contributed by atoms with Crippen LogP contribution in [0.2, 0.25) is 0 Å². The first kappa shape index (κ1) is 18.4. The van der Waals surface area contributed by atoms with Crippen molar-refractivity contribution in [2.45, 2.75) is 12.8 Å². The summed E-state index contributed by atoms with van der Waals surface area (Å²) in [6.45, 7) is 0.888. The first-order valence-electron chi connectivity index (χ1n) is 8.69. The van der Waals surface area contributed by atoms with Crippen LogP contribution in [0.25, 0.3) is 0 Å². The van der Waals surface area contributed by atoms with Gasteiger partial charge in [-0.1, -0.05) is 24.3 Å². The van der Waals surface area contributed by atoms with Gasteiger partial charge in [-0.2, -0.15) is 0 Å². The first-order valence-corrected chi connectivity index (χ1v) is 8.69. The molecule has 1 aliphatic heterocycles. The second-order valence-corrected chi connectivity index (χ2v) is 6.38. The molecule has 1 aliphatic rings. The third kappa shape index (κ3) is 4.81. The quantitative estimate of drug-likeness (QED) is 0.637. The highest BCUT2D eigenvalue weighted by Gasteiger charge is 2.28. The molecular formula is C19H20N4O4. The largest absolute Gasteiger partial charge is 0.326 e. The predicted octanol–water partition coefficient (Wildman–Crippen LogP) is 3.48. The predicted molar refractivity (Wildman–Crippen MR) is 101 cm³/mol. The standard InChI is InChI=1S/C19H20N4O4/c24-18(20-16-9-4-10-17(12-16)23(26)27)14-6-5-11-22(13-14)19(25)21-15-7-2-1-3-8-15/h1-4,7-10,12,14H,5-6,11,13H2,(H,20,24)(H,21,25)/t14-/m1/s1. The van der Waals surface area contributed by atoms with E-state index in [1.54, 1.807) is 23.1 Å². The number of benzene rings is 2. The molecular weight excluding hydrogens is 348 g/mol. The fraction of sp³-hybridized carbons (Fsp3) is 0.263. The average molecular weight is 368 g/mol. The van der Waals surface area contributed by atoms with Crippen LogP contribution in [0.3, 0.4) is 0 Å². The van der Waals surface area contributed by atoms with Crippen LogP contribution in [0.5, 0.6) is 0 Å². The number of non-ortho nitro benzene ring substituents is 1. The van der Waals surface area contributed by atoms with E-state index in [1.165, 1.54) is 18.2 Å². The molecule has 1 heterocycles. The van der Waals surface area contributed by atoms with E-state index in [-0.39, 0.29) is 23.5 Å². The van der Waals surface area contributed by atoms with Crippen molar-refractivity contribution < 1.29 is 14.5 Å². The molecule has 0 saturated carbocycles. The molecule has 27 heavy (non-hydrogen) atoms. The lowest BCUT2D eigenvalue weighted by molar-refractivity contribution is -0.384. The number of piperidine rings is 1. The molecule has 0 aliphatic carbocycles. The van der Waals surface area contributed by atoms with Crippen LogP contribution in [-0.4, -0.2) is 34.9 Å². The van der Waals surface area contributed by atoms with E-state index in [4.69, 9.17) is 0 Å². The van der Waals surface area contributed by atoms with Gasteiger partial charge in [-0.25, -0.2) is 4.79 Å². The number of nitrogens with one attached hydrogen (secondary N) is 2. The van der Waals surface area contributed by atoms with Crippen molar-refractivity contribution in [1.82, 2.24) is 4.90 Å². The number of hydrogen-bond acceptors (Lipinski definition) is 4. The molecule has 1 fully saturated rings. The number of nitro benzene ring substituents is 1. The molecule has 8 nitrogen and oxygen atoms in total. The van der Waals surface area contributed by atoms with Crippen LogP contribution in [0.4, 0.5) is 21.9 Å². The van der Waals surface area contributed by atoms with Crippen molar-refractivity contribution in [3.8, 4) is 0 Å². The SMILES string of the molecule is O=C(Nc1cccc([N+](=O)[O-])c1)[C@@H]1CCCN(C(=O)Nc2ccccc2)C1. The Kier molecular flexibility index (Phi) is 5.65. The maximum absolute atomic E-state index is 12.5. The highest BCUT2D eigenvalue weighted by atomic mass is 16.6.